The van der Waals surface area contributed by atoms with Gasteiger partial charge in [-0.25, -0.2) is 4.98 Å². The molecule has 0 bridgehead atoms. The van der Waals surface area contributed by atoms with Gasteiger partial charge in [0.2, 0.25) is 5.75 Å². The first-order chi connectivity index (χ1) is 6.76. The van der Waals surface area contributed by atoms with E-state index in [1.807, 2.05) is 29.8 Å². The lowest BCUT2D eigenvalue weighted by atomic mass is 10.4. The van der Waals surface area contributed by atoms with Gasteiger partial charge in [0.25, 0.3) is 0 Å². The topological polar surface area (TPSA) is 35.8 Å². The number of hydrogen-bond acceptors (Lipinski definition) is 3. The number of ether oxygens (including phenoxy) is 2. The molecule has 0 spiro atoms. The standard InChI is InChI=1S/C10H12N2O2/c1-7-6-12-5-4-8(13-2)9(14-3)10(12)11-7/h4-6H,1-3H3. The fraction of sp³-hybridized carbons (Fsp3) is 0.300. The molecule has 4 nitrogen and oxygen atoms in total. The molecule has 0 aliphatic carbocycles. The van der Waals surface area contributed by atoms with Crippen molar-refractivity contribution in [1.82, 2.24) is 9.38 Å². The van der Waals surface area contributed by atoms with Crippen LogP contribution in [0.5, 0.6) is 11.5 Å². The van der Waals surface area contributed by atoms with Crippen LogP contribution in [0.2, 0.25) is 0 Å². The predicted molar refractivity (Wildman–Crippen MR) is 53.0 cm³/mol. The van der Waals surface area contributed by atoms with Crippen LogP contribution >= 0.6 is 0 Å². The van der Waals surface area contributed by atoms with E-state index in [9.17, 15) is 0 Å². The molecule has 0 amide bonds. The molecule has 0 aliphatic rings. The highest BCUT2D eigenvalue weighted by molar-refractivity contribution is 5.61. The monoisotopic (exact) mass is 192 g/mol. The molecule has 0 aromatic carbocycles. The molecule has 14 heavy (non-hydrogen) atoms. The minimum Gasteiger partial charge on any atom is -0.493 e. The zero-order valence-electron chi connectivity index (χ0n) is 8.44. The maximum atomic E-state index is 5.25. The van der Waals surface area contributed by atoms with E-state index in [0.29, 0.717) is 11.5 Å². The highest BCUT2D eigenvalue weighted by atomic mass is 16.5. The third-order valence-electron chi connectivity index (χ3n) is 2.09. The smallest absolute Gasteiger partial charge is 0.204 e. The van der Waals surface area contributed by atoms with Gasteiger partial charge in [0.15, 0.2) is 11.4 Å². The molecule has 0 saturated carbocycles. The van der Waals surface area contributed by atoms with Gasteiger partial charge in [-0.3, -0.25) is 0 Å². The zero-order chi connectivity index (χ0) is 10.1. The number of hydrogen-bond donors (Lipinski definition) is 0. The van der Waals surface area contributed by atoms with Gasteiger partial charge in [0, 0.05) is 18.5 Å². The van der Waals surface area contributed by atoms with Crippen LogP contribution in [-0.4, -0.2) is 23.6 Å². The molecule has 2 heterocycles. The van der Waals surface area contributed by atoms with Crippen LogP contribution in [0.4, 0.5) is 0 Å². The summed E-state index contributed by atoms with van der Waals surface area (Å²) < 4.78 is 12.3. The van der Waals surface area contributed by atoms with Crippen LogP contribution < -0.4 is 9.47 Å². The summed E-state index contributed by atoms with van der Waals surface area (Å²) in [5, 5.41) is 0. The quantitative estimate of drug-likeness (QED) is 0.726. The number of pyridine rings is 1. The van der Waals surface area contributed by atoms with E-state index < -0.39 is 0 Å². The molecule has 4 heteroatoms. The van der Waals surface area contributed by atoms with E-state index in [1.165, 1.54) is 0 Å². The minimum absolute atomic E-state index is 0.670. The SMILES string of the molecule is COc1ccn2cc(C)nc2c1OC. The second-order valence-corrected chi connectivity index (χ2v) is 3.03. The Morgan fingerprint density at radius 3 is 2.71 bits per heavy atom. The lowest BCUT2D eigenvalue weighted by Gasteiger charge is -2.07. The first-order valence-electron chi connectivity index (χ1n) is 4.32. The highest BCUT2D eigenvalue weighted by Gasteiger charge is 2.10. The van der Waals surface area contributed by atoms with Gasteiger partial charge in [0.1, 0.15) is 0 Å². The molecular weight excluding hydrogens is 180 g/mol. The van der Waals surface area contributed by atoms with Crippen molar-refractivity contribution in [3.8, 4) is 11.5 Å². The molecule has 2 aromatic rings. The van der Waals surface area contributed by atoms with Gasteiger partial charge in [-0.1, -0.05) is 0 Å². The van der Waals surface area contributed by atoms with E-state index in [1.54, 1.807) is 14.2 Å². The lowest BCUT2D eigenvalue weighted by Crippen LogP contribution is -1.94. The van der Waals surface area contributed by atoms with Crippen LogP contribution in [0, 0.1) is 6.92 Å². The van der Waals surface area contributed by atoms with Crippen LogP contribution in [0.25, 0.3) is 5.65 Å². The van der Waals surface area contributed by atoms with Gasteiger partial charge in [-0.05, 0) is 6.92 Å². The molecule has 0 N–H and O–H groups in total. The van der Waals surface area contributed by atoms with Gasteiger partial charge < -0.3 is 13.9 Å². The summed E-state index contributed by atoms with van der Waals surface area (Å²) in [4.78, 5) is 4.35. The summed E-state index contributed by atoms with van der Waals surface area (Å²) >= 11 is 0. The fourth-order valence-corrected chi connectivity index (χ4v) is 1.48. The lowest BCUT2D eigenvalue weighted by molar-refractivity contribution is 0.356. The van der Waals surface area contributed by atoms with Crippen LogP contribution in [0.1, 0.15) is 5.69 Å². The first-order valence-corrected chi connectivity index (χ1v) is 4.32. The van der Waals surface area contributed by atoms with Crippen molar-refractivity contribution >= 4 is 5.65 Å². The van der Waals surface area contributed by atoms with Gasteiger partial charge in [-0.15, -0.1) is 0 Å². The molecule has 74 valence electrons. The van der Waals surface area contributed by atoms with Crippen molar-refractivity contribution in [3.63, 3.8) is 0 Å². The average Bonchev–Trinajstić information content (AvgIpc) is 2.56. The van der Waals surface area contributed by atoms with Crippen molar-refractivity contribution in [2.45, 2.75) is 6.92 Å². The Hall–Kier alpha value is -1.71. The number of imidazole rings is 1. The van der Waals surface area contributed by atoms with E-state index in [-0.39, 0.29) is 0 Å². The molecule has 0 fully saturated rings. The van der Waals surface area contributed by atoms with E-state index >= 15 is 0 Å². The zero-order valence-corrected chi connectivity index (χ0v) is 8.44. The summed E-state index contributed by atoms with van der Waals surface area (Å²) in [7, 11) is 3.23. The van der Waals surface area contributed by atoms with Crippen molar-refractivity contribution in [2.75, 3.05) is 14.2 Å². The Bertz CT molecular complexity index is 462. The molecule has 0 radical (unpaired) electrons. The molecule has 2 rings (SSSR count). The molecule has 0 aliphatic heterocycles. The summed E-state index contributed by atoms with van der Waals surface area (Å²) in [6.45, 7) is 1.94. The first kappa shape index (κ1) is 8.87. The Labute approximate surface area is 82.1 Å². The largest absolute Gasteiger partial charge is 0.493 e. The van der Waals surface area contributed by atoms with Crippen LogP contribution in [-0.2, 0) is 0 Å². The second-order valence-electron chi connectivity index (χ2n) is 3.03. The van der Waals surface area contributed by atoms with Crippen LogP contribution in [0.15, 0.2) is 18.5 Å². The van der Waals surface area contributed by atoms with Gasteiger partial charge in [0.05, 0.1) is 19.9 Å². The molecule has 2 aromatic heterocycles. The van der Waals surface area contributed by atoms with Crippen LogP contribution in [0.3, 0.4) is 0 Å². The van der Waals surface area contributed by atoms with Crippen molar-refractivity contribution in [3.05, 3.63) is 24.2 Å². The summed E-state index contributed by atoms with van der Waals surface area (Å²) in [6.07, 6.45) is 3.84. The van der Waals surface area contributed by atoms with Crippen molar-refractivity contribution in [1.29, 1.82) is 0 Å². The maximum Gasteiger partial charge on any atom is 0.204 e. The minimum atomic E-state index is 0.670. The Morgan fingerprint density at radius 2 is 2.07 bits per heavy atom. The van der Waals surface area contributed by atoms with E-state index in [4.69, 9.17) is 9.47 Å². The Morgan fingerprint density at radius 1 is 1.29 bits per heavy atom. The van der Waals surface area contributed by atoms with E-state index in [0.717, 1.165) is 11.3 Å². The third-order valence-corrected chi connectivity index (χ3v) is 2.09. The van der Waals surface area contributed by atoms with E-state index in [2.05, 4.69) is 4.98 Å². The molecular formula is C10H12N2O2. The summed E-state index contributed by atoms with van der Waals surface area (Å²) in [6, 6.07) is 1.85. The Balaban J connectivity index is 2.75. The third kappa shape index (κ3) is 1.19. The maximum absolute atomic E-state index is 5.25. The van der Waals surface area contributed by atoms with Crippen molar-refractivity contribution < 1.29 is 9.47 Å². The van der Waals surface area contributed by atoms with Gasteiger partial charge >= 0.3 is 0 Å². The average molecular weight is 192 g/mol. The number of aryl methyl sites for hydroxylation is 1. The van der Waals surface area contributed by atoms with Gasteiger partial charge in [-0.2, -0.15) is 0 Å². The number of methoxy groups -OCH3 is 2. The Kier molecular flexibility index (Phi) is 2.04. The fourth-order valence-electron chi connectivity index (χ4n) is 1.48. The summed E-state index contributed by atoms with van der Waals surface area (Å²) in [5.74, 6) is 1.37. The molecule has 0 saturated heterocycles. The number of nitrogens with zero attached hydrogens (tertiary/aromatic N) is 2. The number of aromatic nitrogens is 2. The highest BCUT2D eigenvalue weighted by Crippen LogP contribution is 2.30. The molecule has 0 unspecified atom stereocenters. The second kappa shape index (κ2) is 3.21. The number of fused-ring (bicyclic) bond motifs is 1. The summed E-state index contributed by atoms with van der Waals surface area (Å²) in [5.41, 5.74) is 1.74. The van der Waals surface area contributed by atoms with Crippen molar-refractivity contribution in [2.24, 2.45) is 0 Å². The normalized spacial score (nSPS) is 10.5. The number of rotatable bonds is 2. The molecule has 0 atom stereocenters. The predicted octanol–water partition coefficient (Wildman–Crippen LogP) is 1.66.